The van der Waals surface area contributed by atoms with Gasteiger partial charge in [-0.3, -0.25) is 9.59 Å². The number of hydrogen-bond donors (Lipinski definition) is 0. The van der Waals surface area contributed by atoms with Crippen molar-refractivity contribution in [3.63, 3.8) is 0 Å². The van der Waals surface area contributed by atoms with Gasteiger partial charge in [-0.2, -0.15) is 26.3 Å². The summed E-state index contributed by atoms with van der Waals surface area (Å²) in [7, 11) is 0. The van der Waals surface area contributed by atoms with Crippen LogP contribution in [-0.2, 0) is 26.7 Å². The van der Waals surface area contributed by atoms with Crippen LogP contribution >= 0.6 is 0 Å². The number of hydrogen-bond acceptors (Lipinski definition) is 3. The first-order valence-electron chi connectivity index (χ1n) is 13.1. The minimum absolute atomic E-state index is 0.0439. The Hall–Kier alpha value is -3.47. The highest BCUT2D eigenvalue weighted by Crippen LogP contribution is 2.45. The van der Waals surface area contributed by atoms with E-state index < -0.39 is 53.5 Å². The van der Waals surface area contributed by atoms with Crippen LogP contribution in [0.1, 0.15) is 66.9 Å². The topological polar surface area (TPSA) is 46.6 Å². The molecule has 0 saturated carbocycles. The number of benzene rings is 2. The molecule has 1 aliphatic carbocycles. The molecule has 0 bridgehead atoms. The van der Waals surface area contributed by atoms with E-state index in [2.05, 4.69) is 0 Å². The summed E-state index contributed by atoms with van der Waals surface area (Å²) in [4.78, 5) is 26.5. The molecule has 218 valence electrons. The zero-order chi connectivity index (χ0) is 29.7. The Morgan fingerprint density at radius 1 is 0.902 bits per heavy atom. The van der Waals surface area contributed by atoms with Crippen LogP contribution in [0.4, 0.5) is 30.7 Å². The molecule has 4 atom stereocenters. The van der Waals surface area contributed by atoms with Gasteiger partial charge in [-0.15, -0.1) is 0 Å². The van der Waals surface area contributed by atoms with Crippen molar-refractivity contribution in [2.75, 3.05) is 6.54 Å². The largest absolute Gasteiger partial charge is 0.416 e. The molecule has 11 heteroatoms. The standard InChI is InChI=1S/C30H26F7NO3/c1-16(19-10-21(29(32,33)34)14-22(11-19)30(35,36)37)41-26-15-38-25(28(26)18-2-6-23(31)7-3-18)12-20(13-27(38)40)17-4-8-24(39)9-5-17/h2-4,6-7,10-11,13-14,16,25-26,28H,5,8-9,12,15H2,1H3/t16-,25+,26+,28?/m1/s1. The molecular weight excluding hydrogens is 555 g/mol. The Bertz CT molecular complexity index is 1380. The highest BCUT2D eigenvalue weighted by atomic mass is 19.4. The van der Waals surface area contributed by atoms with Gasteiger partial charge in [-0.1, -0.05) is 18.2 Å². The number of alkyl halides is 6. The van der Waals surface area contributed by atoms with Gasteiger partial charge in [0.1, 0.15) is 11.6 Å². The van der Waals surface area contributed by atoms with Gasteiger partial charge < -0.3 is 9.64 Å². The van der Waals surface area contributed by atoms with Crippen molar-refractivity contribution in [3.05, 3.63) is 93.8 Å². The Morgan fingerprint density at radius 3 is 2.10 bits per heavy atom. The average Bonchev–Trinajstić information content (AvgIpc) is 3.26. The van der Waals surface area contributed by atoms with Gasteiger partial charge in [0.2, 0.25) is 5.91 Å². The van der Waals surface area contributed by atoms with Crippen molar-refractivity contribution in [1.29, 1.82) is 0 Å². The summed E-state index contributed by atoms with van der Waals surface area (Å²) < 4.78 is 101. The van der Waals surface area contributed by atoms with Gasteiger partial charge in [0.05, 0.1) is 23.3 Å². The molecule has 1 amide bonds. The third kappa shape index (κ3) is 6.10. The van der Waals surface area contributed by atoms with Crippen molar-refractivity contribution >= 4 is 11.7 Å². The van der Waals surface area contributed by atoms with Gasteiger partial charge in [0.25, 0.3) is 0 Å². The van der Waals surface area contributed by atoms with Gasteiger partial charge in [-0.05, 0) is 72.4 Å². The quantitative estimate of drug-likeness (QED) is 0.348. The fourth-order valence-corrected chi connectivity index (χ4v) is 5.93. The lowest BCUT2D eigenvalue weighted by molar-refractivity contribution is -0.143. The summed E-state index contributed by atoms with van der Waals surface area (Å²) in [6.45, 7) is 1.41. The maximum absolute atomic E-state index is 13.8. The molecule has 0 aromatic heterocycles. The van der Waals surface area contributed by atoms with E-state index in [0.29, 0.717) is 37.0 Å². The van der Waals surface area contributed by atoms with Gasteiger partial charge in [0, 0.05) is 37.4 Å². The number of carbonyl (C=O) groups is 2. The maximum Gasteiger partial charge on any atom is 0.416 e. The molecule has 2 aromatic carbocycles. The highest BCUT2D eigenvalue weighted by molar-refractivity contribution is 5.91. The maximum atomic E-state index is 13.8. The number of halogens is 7. The SMILES string of the molecule is C[C@@H](O[C@H]1CN2C(=O)C=C(C3=CCC(=O)CC3)C[C@H]2C1c1ccc(F)cc1)c1cc(C(F)(F)F)cc(C(F)(F)F)c1. The molecule has 0 N–H and O–H groups in total. The molecule has 3 aliphatic rings. The van der Waals surface area contributed by atoms with E-state index in [-0.39, 0.29) is 36.3 Å². The lowest BCUT2D eigenvalue weighted by Crippen LogP contribution is -2.40. The second kappa shape index (κ2) is 10.7. The molecule has 41 heavy (non-hydrogen) atoms. The smallest absolute Gasteiger partial charge is 0.368 e. The van der Waals surface area contributed by atoms with Crippen LogP contribution in [0.15, 0.2) is 65.8 Å². The summed E-state index contributed by atoms with van der Waals surface area (Å²) in [6.07, 6.45) is -7.14. The average molecular weight is 582 g/mol. The second-order valence-corrected chi connectivity index (χ2v) is 10.6. The number of ether oxygens (including phenoxy) is 1. The monoisotopic (exact) mass is 581 g/mol. The number of Topliss-reactive ketones (excluding diaryl/α,β-unsaturated/α-hetero) is 1. The molecule has 2 aliphatic heterocycles. The van der Waals surface area contributed by atoms with E-state index in [0.717, 1.165) is 11.1 Å². The van der Waals surface area contributed by atoms with Crippen molar-refractivity contribution < 1.29 is 45.1 Å². The van der Waals surface area contributed by atoms with E-state index >= 15 is 0 Å². The van der Waals surface area contributed by atoms with Crippen LogP contribution in [0.25, 0.3) is 0 Å². The molecule has 2 aromatic rings. The van der Waals surface area contributed by atoms with Crippen LogP contribution in [0.2, 0.25) is 0 Å². The molecule has 2 heterocycles. The highest BCUT2D eigenvalue weighted by Gasteiger charge is 2.48. The predicted molar refractivity (Wildman–Crippen MR) is 134 cm³/mol. The summed E-state index contributed by atoms with van der Waals surface area (Å²) in [5, 5.41) is 0. The van der Waals surface area contributed by atoms with Crippen LogP contribution < -0.4 is 0 Å². The van der Waals surface area contributed by atoms with Crippen molar-refractivity contribution in [3.8, 4) is 0 Å². The third-order valence-corrected chi connectivity index (χ3v) is 7.98. The molecule has 1 saturated heterocycles. The molecule has 4 nitrogen and oxygen atoms in total. The lowest BCUT2D eigenvalue weighted by Gasteiger charge is -2.34. The number of carbonyl (C=O) groups excluding carboxylic acids is 2. The number of allylic oxidation sites excluding steroid dienone is 2. The first-order chi connectivity index (χ1) is 19.2. The second-order valence-electron chi connectivity index (χ2n) is 10.6. The first-order valence-corrected chi connectivity index (χ1v) is 13.1. The van der Waals surface area contributed by atoms with E-state index in [4.69, 9.17) is 4.74 Å². The molecule has 0 spiro atoms. The molecule has 5 rings (SSSR count). The van der Waals surface area contributed by atoms with E-state index in [1.165, 1.54) is 37.3 Å². The van der Waals surface area contributed by atoms with Crippen molar-refractivity contribution in [2.45, 2.75) is 69.1 Å². The fourth-order valence-electron chi connectivity index (χ4n) is 5.93. The van der Waals surface area contributed by atoms with Gasteiger partial charge in [0.15, 0.2) is 0 Å². The number of nitrogens with zero attached hydrogens (tertiary/aromatic N) is 1. The zero-order valence-corrected chi connectivity index (χ0v) is 21.9. The normalized spacial score (nSPS) is 24.2. The van der Waals surface area contributed by atoms with Gasteiger partial charge >= 0.3 is 12.4 Å². The predicted octanol–water partition coefficient (Wildman–Crippen LogP) is 7.31. The molecule has 1 unspecified atom stereocenters. The molecular formula is C30H26F7NO3. The van der Waals surface area contributed by atoms with Crippen LogP contribution in [0, 0.1) is 5.82 Å². The first kappa shape index (κ1) is 29.0. The lowest BCUT2D eigenvalue weighted by atomic mass is 9.81. The fraction of sp³-hybridized carbons (Fsp3) is 0.400. The molecule has 0 radical (unpaired) electrons. The van der Waals surface area contributed by atoms with Crippen molar-refractivity contribution in [1.82, 2.24) is 4.90 Å². The summed E-state index contributed by atoms with van der Waals surface area (Å²) in [5.74, 6) is -1.23. The summed E-state index contributed by atoms with van der Waals surface area (Å²) in [5.41, 5.74) is -0.899. The third-order valence-electron chi connectivity index (χ3n) is 7.98. The zero-order valence-electron chi connectivity index (χ0n) is 21.9. The molecule has 1 fully saturated rings. The van der Waals surface area contributed by atoms with Crippen molar-refractivity contribution in [2.24, 2.45) is 0 Å². The Labute approximate surface area is 231 Å². The van der Waals surface area contributed by atoms with Gasteiger partial charge in [-0.25, -0.2) is 4.39 Å². The number of fused-ring (bicyclic) bond motifs is 1. The summed E-state index contributed by atoms with van der Waals surface area (Å²) >= 11 is 0. The van der Waals surface area contributed by atoms with E-state index in [9.17, 15) is 40.3 Å². The van der Waals surface area contributed by atoms with Crippen LogP contribution in [0.3, 0.4) is 0 Å². The number of amides is 1. The number of ketones is 1. The number of rotatable bonds is 5. The Balaban J connectivity index is 1.48. The van der Waals surface area contributed by atoms with E-state index in [1.54, 1.807) is 4.90 Å². The van der Waals surface area contributed by atoms with Crippen LogP contribution in [-0.4, -0.2) is 35.3 Å². The van der Waals surface area contributed by atoms with Crippen LogP contribution in [0.5, 0.6) is 0 Å². The minimum atomic E-state index is -5.01. The Morgan fingerprint density at radius 2 is 1.54 bits per heavy atom. The minimum Gasteiger partial charge on any atom is -0.368 e. The van der Waals surface area contributed by atoms with E-state index in [1.807, 2.05) is 6.08 Å². The summed E-state index contributed by atoms with van der Waals surface area (Å²) in [6, 6.07) is 6.46. The Kier molecular flexibility index (Phi) is 7.61.